The van der Waals surface area contributed by atoms with Gasteiger partial charge in [0.05, 0.1) is 12.4 Å². The number of aromatic nitrogens is 5. The maximum absolute atomic E-state index is 14.2. The Labute approximate surface area is 181 Å². The van der Waals surface area contributed by atoms with Crippen molar-refractivity contribution in [3.8, 4) is 11.5 Å². The third kappa shape index (κ3) is 4.86. The van der Waals surface area contributed by atoms with Gasteiger partial charge in [-0.1, -0.05) is 0 Å². The van der Waals surface area contributed by atoms with Crippen LogP contribution in [0.3, 0.4) is 0 Å². The standard InChI is InChI=1S/C17H17F5IN7/c1-15(18,23)11-7-24-6-10(27-11)12-28-13(25-8-2-16(19,20)3-8)30-14(29-12)26-9-4-17(21,22)5-9/h6-9H,2-5H2,1H3,(H2,25,26,28,29,30). The second-order valence-corrected chi connectivity index (χ2v) is 9.72. The van der Waals surface area contributed by atoms with Crippen LogP contribution in [0.1, 0.15) is 38.3 Å². The molecule has 2 saturated carbocycles. The summed E-state index contributed by atoms with van der Waals surface area (Å²) < 4.78 is 65.0. The zero-order chi connectivity index (χ0) is 21.7. The maximum Gasteiger partial charge on any atom is 0.252 e. The lowest BCUT2D eigenvalue weighted by molar-refractivity contribution is -0.0799. The third-order valence-electron chi connectivity index (χ3n) is 4.80. The van der Waals surface area contributed by atoms with Crippen molar-refractivity contribution in [1.82, 2.24) is 24.9 Å². The van der Waals surface area contributed by atoms with E-state index < -0.39 is 27.6 Å². The number of alkyl halides is 6. The molecular formula is C17H17F5IN7. The molecule has 13 heteroatoms. The Morgan fingerprint density at radius 2 is 1.40 bits per heavy atom. The molecule has 2 heterocycles. The SMILES string of the molecule is CC(F)(I)c1cncc(-c2nc(NC3CC(F)(F)C3)nc(NC3CC(F)(F)C3)n2)n1. The van der Waals surface area contributed by atoms with Crippen molar-refractivity contribution in [2.45, 2.75) is 60.2 Å². The fraction of sp³-hybridized carbons (Fsp3) is 0.588. The lowest BCUT2D eigenvalue weighted by Crippen LogP contribution is -2.45. The fourth-order valence-corrected chi connectivity index (χ4v) is 3.46. The Balaban J connectivity index is 1.61. The lowest BCUT2D eigenvalue weighted by Gasteiger charge is -2.36. The second-order valence-electron chi connectivity index (χ2n) is 7.70. The summed E-state index contributed by atoms with van der Waals surface area (Å²) >= 11 is 1.57. The molecule has 2 aliphatic carbocycles. The molecule has 2 fully saturated rings. The summed E-state index contributed by atoms with van der Waals surface area (Å²) in [6.07, 6.45) is 1.13. The number of nitrogens with zero attached hydrogens (tertiary/aromatic N) is 5. The van der Waals surface area contributed by atoms with Gasteiger partial charge in [0.25, 0.3) is 11.8 Å². The minimum atomic E-state index is -2.74. The van der Waals surface area contributed by atoms with Crippen molar-refractivity contribution in [3.63, 3.8) is 0 Å². The highest BCUT2D eigenvalue weighted by atomic mass is 127. The summed E-state index contributed by atoms with van der Waals surface area (Å²) in [5, 5.41) is 5.60. The fourth-order valence-electron chi connectivity index (χ4n) is 3.20. The van der Waals surface area contributed by atoms with Crippen LogP contribution in [0.4, 0.5) is 33.8 Å². The van der Waals surface area contributed by atoms with E-state index in [2.05, 4.69) is 35.6 Å². The van der Waals surface area contributed by atoms with Gasteiger partial charge < -0.3 is 10.6 Å². The van der Waals surface area contributed by atoms with Crippen LogP contribution in [0, 0.1) is 0 Å². The van der Waals surface area contributed by atoms with Crippen LogP contribution in [0.25, 0.3) is 11.5 Å². The second kappa shape index (κ2) is 7.34. The molecule has 1 unspecified atom stereocenters. The Hall–Kier alpha value is -1.93. The van der Waals surface area contributed by atoms with Crippen LogP contribution in [-0.4, -0.2) is 48.8 Å². The first kappa shape index (κ1) is 21.3. The number of hydrogen-bond donors (Lipinski definition) is 2. The predicted molar refractivity (Wildman–Crippen MR) is 107 cm³/mol. The Morgan fingerprint density at radius 1 is 0.900 bits per heavy atom. The summed E-state index contributed by atoms with van der Waals surface area (Å²) in [5.41, 5.74) is 0.182. The predicted octanol–water partition coefficient (Wildman–Crippen LogP) is 4.33. The first-order valence-electron chi connectivity index (χ1n) is 9.14. The van der Waals surface area contributed by atoms with Crippen LogP contribution >= 0.6 is 22.6 Å². The molecule has 0 radical (unpaired) electrons. The van der Waals surface area contributed by atoms with Crippen LogP contribution in [-0.2, 0) is 3.68 Å². The molecule has 2 aromatic heterocycles. The zero-order valence-electron chi connectivity index (χ0n) is 15.6. The highest BCUT2D eigenvalue weighted by Crippen LogP contribution is 2.40. The summed E-state index contributed by atoms with van der Waals surface area (Å²) in [6, 6.07) is -1.06. The Morgan fingerprint density at radius 3 is 1.83 bits per heavy atom. The van der Waals surface area contributed by atoms with Crippen molar-refractivity contribution in [2.24, 2.45) is 0 Å². The minimum absolute atomic E-state index is 0.00114. The first-order chi connectivity index (χ1) is 13.9. The molecule has 0 bridgehead atoms. The van der Waals surface area contributed by atoms with Crippen molar-refractivity contribution >= 4 is 34.5 Å². The normalized spacial score (nSPS) is 22.5. The molecule has 0 aromatic carbocycles. The van der Waals surface area contributed by atoms with Gasteiger partial charge in [0.2, 0.25) is 15.6 Å². The topological polar surface area (TPSA) is 88.5 Å². The largest absolute Gasteiger partial charge is 0.351 e. The summed E-state index contributed by atoms with van der Waals surface area (Å²) in [5.74, 6) is -5.46. The molecule has 2 aliphatic rings. The first-order valence-corrected chi connectivity index (χ1v) is 10.2. The van der Waals surface area contributed by atoms with Crippen LogP contribution < -0.4 is 10.6 Å². The maximum atomic E-state index is 14.2. The smallest absolute Gasteiger partial charge is 0.252 e. The van der Waals surface area contributed by atoms with Gasteiger partial charge in [0, 0.05) is 37.8 Å². The van der Waals surface area contributed by atoms with E-state index in [0.29, 0.717) is 0 Å². The molecule has 2 N–H and O–H groups in total. The third-order valence-corrected chi connectivity index (χ3v) is 5.35. The van der Waals surface area contributed by atoms with Gasteiger partial charge in [0.1, 0.15) is 11.4 Å². The van der Waals surface area contributed by atoms with E-state index >= 15 is 0 Å². The van der Waals surface area contributed by atoms with Gasteiger partial charge >= 0.3 is 0 Å². The zero-order valence-corrected chi connectivity index (χ0v) is 17.8. The average molecular weight is 541 g/mol. The average Bonchev–Trinajstić information content (AvgIpc) is 2.58. The minimum Gasteiger partial charge on any atom is -0.351 e. The van der Waals surface area contributed by atoms with Crippen LogP contribution in [0.15, 0.2) is 12.4 Å². The Bertz CT molecular complexity index is 892. The van der Waals surface area contributed by atoms with E-state index in [0.717, 1.165) is 0 Å². The molecule has 1 atom stereocenters. The summed E-state index contributed by atoms with van der Waals surface area (Å²) in [7, 11) is 0. The number of halogens is 6. The molecule has 4 rings (SSSR count). The molecule has 0 aliphatic heterocycles. The molecule has 162 valence electrons. The summed E-state index contributed by atoms with van der Waals surface area (Å²) in [4.78, 5) is 20.6. The number of hydrogen-bond acceptors (Lipinski definition) is 7. The van der Waals surface area contributed by atoms with E-state index in [1.54, 1.807) is 22.6 Å². The number of nitrogens with one attached hydrogen (secondary N) is 2. The van der Waals surface area contributed by atoms with E-state index in [4.69, 9.17) is 0 Å². The molecular weight excluding hydrogens is 524 g/mol. The highest BCUT2D eigenvalue weighted by molar-refractivity contribution is 14.1. The lowest BCUT2D eigenvalue weighted by atomic mass is 9.88. The van der Waals surface area contributed by atoms with Crippen molar-refractivity contribution < 1.29 is 22.0 Å². The van der Waals surface area contributed by atoms with Crippen LogP contribution in [0.5, 0.6) is 0 Å². The number of anilines is 2. The van der Waals surface area contributed by atoms with E-state index in [9.17, 15) is 22.0 Å². The summed E-state index contributed by atoms with van der Waals surface area (Å²) in [6.45, 7) is 1.31. The van der Waals surface area contributed by atoms with Crippen LogP contribution in [0.2, 0.25) is 0 Å². The van der Waals surface area contributed by atoms with Gasteiger partial charge in [-0.15, -0.1) is 0 Å². The van der Waals surface area contributed by atoms with Gasteiger partial charge in [-0.05, 0) is 29.5 Å². The van der Waals surface area contributed by atoms with Gasteiger partial charge in [-0.25, -0.2) is 26.9 Å². The molecule has 2 aromatic rings. The quantitative estimate of drug-likeness (QED) is 0.320. The molecule has 0 amide bonds. The molecule has 30 heavy (non-hydrogen) atoms. The van der Waals surface area contributed by atoms with Gasteiger partial charge in [0.15, 0.2) is 5.82 Å². The number of rotatable bonds is 6. The van der Waals surface area contributed by atoms with E-state index in [1.165, 1.54) is 19.3 Å². The molecule has 7 nitrogen and oxygen atoms in total. The Kier molecular flexibility index (Phi) is 5.21. The van der Waals surface area contributed by atoms with E-state index in [-0.39, 0.29) is 54.8 Å². The monoisotopic (exact) mass is 541 g/mol. The molecule has 0 saturated heterocycles. The van der Waals surface area contributed by atoms with Gasteiger partial charge in [-0.2, -0.15) is 15.0 Å². The van der Waals surface area contributed by atoms with Crippen molar-refractivity contribution in [2.75, 3.05) is 10.6 Å². The molecule has 0 spiro atoms. The highest BCUT2D eigenvalue weighted by Gasteiger charge is 2.46. The van der Waals surface area contributed by atoms with Gasteiger partial charge in [-0.3, -0.25) is 4.98 Å². The van der Waals surface area contributed by atoms with E-state index in [1.807, 2.05) is 0 Å². The van der Waals surface area contributed by atoms with Crippen molar-refractivity contribution in [3.05, 3.63) is 18.1 Å². The van der Waals surface area contributed by atoms with Crippen molar-refractivity contribution in [1.29, 1.82) is 0 Å².